The van der Waals surface area contributed by atoms with Gasteiger partial charge in [-0.2, -0.15) is 0 Å². The van der Waals surface area contributed by atoms with Crippen LogP contribution in [-0.2, 0) is 0 Å². The summed E-state index contributed by atoms with van der Waals surface area (Å²) in [5.41, 5.74) is 1.61. The third-order valence-corrected chi connectivity index (χ3v) is 6.16. The van der Waals surface area contributed by atoms with Gasteiger partial charge in [-0.25, -0.2) is 4.98 Å². The molecule has 128 valence electrons. The maximum atomic E-state index is 13.3. The van der Waals surface area contributed by atoms with Crippen LogP contribution in [0.25, 0.3) is 5.69 Å². The summed E-state index contributed by atoms with van der Waals surface area (Å²) >= 11 is 3.28. The van der Waals surface area contributed by atoms with Crippen molar-refractivity contribution in [3.8, 4) is 5.69 Å². The van der Waals surface area contributed by atoms with Crippen LogP contribution >= 0.6 is 23.1 Å². The van der Waals surface area contributed by atoms with E-state index in [1.54, 1.807) is 29.3 Å². The first-order valence-corrected chi connectivity index (χ1v) is 10.4. The zero-order chi connectivity index (χ0) is 17.2. The average molecular weight is 370 g/mol. The summed E-state index contributed by atoms with van der Waals surface area (Å²) in [6.07, 6.45) is 5.77. The number of carbonyl (C=O) groups excluding carboxylic acids is 1. The van der Waals surface area contributed by atoms with Gasteiger partial charge in [-0.05, 0) is 42.7 Å². The van der Waals surface area contributed by atoms with E-state index in [4.69, 9.17) is 0 Å². The third kappa shape index (κ3) is 3.00. The number of benzene rings is 1. The lowest BCUT2D eigenvalue weighted by molar-refractivity contribution is 0.0729. The molecule has 3 heterocycles. The van der Waals surface area contributed by atoms with Crippen molar-refractivity contribution in [2.24, 2.45) is 0 Å². The van der Waals surface area contributed by atoms with Crippen LogP contribution in [-0.4, -0.2) is 33.2 Å². The Balaban J connectivity index is 1.72. The van der Waals surface area contributed by atoms with E-state index in [1.807, 2.05) is 46.1 Å². The predicted octanol–water partition coefficient (Wildman–Crippen LogP) is 4.63. The molecule has 0 unspecified atom stereocenters. The number of thiophene rings is 1. The Morgan fingerprint density at radius 2 is 2.08 bits per heavy atom. The Bertz CT molecular complexity index is 858. The number of likely N-dealkylation sites (tertiary alicyclic amines) is 1. The molecule has 0 bridgehead atoms. The van der Waals surface area contributed by atoms with Gasteiger partial charge in [-0.3, -0.25) is 9.36 Å². The first-order chi connectivity index (χ1) is 12.3. The number of aromatic nitrogens is 2. The van der Waals surface area contributed by atoms with Gasteiger partial charge in [0.2, 0.25) is 0 Å². The molecule has 3 aromatic rings. The van der Waals surface area contributed by atoms with Crippen molar-refractivity contribution in [2.45, 2.75) is 24.0 Å². The molecule has 1 fully saturated rings. The number of hydrogen-bond acceptors (Lipinski definition) is 4. The normalized spacial score (nSPS) is 17.2. The number of rotatable bonds is 4. The summed E-state index contributed by atoms with van der Waals surface area (Å²) in [5, 5.41) is 2.91. The molecule has 1 saturated heterocycles. The molecule has 4 nitrogen and oxygen atoms in total. The van der Waals surface area contributed by atoms with Crippen LogP contribution in [0, 0.1) is 0 Å². The molecule has 0 N–H and O–H groups in total. The van der Waals surface area contributed by atoms with Crippen LogP contribution in [0.1, 0.15) is 34.2 Å². The van der Waals surface area contributed by atoms with Crippen LogP contribution < -0.4 is 0 Å². The fraction of sp³-hybridized carbons (Fsp3) is 0.263. The Hall–Kier alpha value is -2.05. The van der Waals surface area contributed by atoms with Crippen LogP contribution in [0.5, 0.6) is 0 Å². The summed E-state index contributed by atoms with van der Waals surface area (Å²) in [6, 6.07) is 14.3. The lowest BCUT2D eigenvalue weighted by atomic mass is 10.2. The van der Waals surface area contributed by atoms with Gasteiger partial charge in [-0.15, -0.1) is 11.3 Å². The molecule has 0 spiro atoms. The SMILES string of the molecule is CSc1ncc(C(=O)N2CCC[C@H]2c2cccs2)n1-c1ccccc1. The largest absolute Gasteiger partial charge is 0.329 e. The number of hydrogen-bond donors (Lipinski definition) is 0. The first kappa shape index (κ1) is 16.4. The van der Waals surface area contributed by atoms with Gasteiger partial charge >= 0.3 is 0 Å². The van der Waals surface area contributed by atoms with Crippen molar-refractivity contribution >= 4 is 29.0 Å². The minimum Gasteiger partial charge on any atom is -0.329 e. The Morgan fingerprint density at radius 1 is 1.24 bits per heavy atom. The maximum Gasteiger partial charge on any atom is 0.273 e. The highest BCUT2D eigenvalue weighted by Gasteiger charge is 2.33. The Labute approximate surface area is 155 Å². The van der Waals surface area contributed by atoms with Crippen molar-refractivity contribution in [3.05, 3.63) is 64.6 Å². The molecule has 6 heteroatoms. The Morgan fingerprint density at radius 3 is 2.80 bits per heavy atom. The summed E-state index contributed by atoms with van der Waals surface area (Å²) in [6.45, 7) is 0.802. The van der Waals surface area contributed by atoms with E-state index < -0.39 is 0 Å². The molecule has 25 heavy (non-hydrogen) atoms. The molecule has 0 aliphatic carbocycles. The standard InChI is InChI=1S/C19H19N3OS2/c1-24-19-20-13-16(22(19)14-7-3-2-4-8-14)18(23)21-11-5-9-15(21)17-10-6-12-25-17/h2-4,6-8,10,12-13,15H,5,9,11H2,1H3/t15-/m0/s1. The number of amides is 1. The predicted molar refractivity (Wildman–Crippen MR) is 103 cm³/mol. The minimum atomic E-state index is 0.0625. The van der Waals surface area contributed by atoms with Gasteiger partial charge in [0.15, 0.2) is 5.16 Å². The number of imidazole rings is 1. The van der Waals surface area contributed by atoms with Gasteiger partial charge < -0.3 is 4.90 Å². The second-order valence-electron chi connectivity index (χ2n) is 5.97. The molecule has 1 atom stereocenters. The fourth-order valence-electron chi connectivity index (χ4n) is 3.39. The molecule has 0 radical (unpaired) electrons. The van der Waals surface area contributed by atoms with Crippen molar-refractivity contribution in [3.63, 3.8) is 0 Å². The number of nitrogens with zero attached hydrogens (tertiary/aromatic N) is 3. The highest BCUT2D eigenvalue weighted by Crippen LogP contribution is 2.36. The van der Waals surface area contributed by atoms with Gasteiger partial charge in [0.25, 0.3) is 5.91 Å². The molecule has 1 aliphatic heterocycles. The van der Waals surface area contributed by atoms with E-state index in [-0.39, 0.29) is 11.9 Å². The van der Waals surface area contributed by atoms with Crippen molar-refractivity contribution < 1.29 is 4.79 Å². The number of para-hydroxylation sites is 1. The Kier molecular flexibility index (Phi) is 4.63. The lowest BCUT2D eigenvalue weighted by Crippen LogP contribution is -2.31. The van der Waals surface area contributed by atoms with E-state index in [1.165, 1.54) is 4.88 Å². The number of carbonyl (C=O) groups is 1. The van der Waals surface area contributed by atoms with Gasteiger partial charge in [-0.1, -0.05) is 36.0 Å². The molecule has 1 aromatic carbocycles. The zero-order valence-electron chi connectivity index (χ0n) is 14.0. The van der Waals surface area contributed by atoms with Crippen molar-refractivity contribution in [1.82, 2.24) is 14.5 Å². The van der Waals surface area contributed by atoms with Crippen molar-refractivity contribution in [1.29, 1.82) is 0 Å². The molecule has 0 saturated carbocycles. The smallest absolute Gasteiger partial charge is 0.273 e. The molecular formula is C19H19N3OS2. The first-order valence-electron chi connectivity index (χ1n) is 8.31. The van der Waals surface area contributed by atoms with E-state index in [0.717, 1.165) is 30.2 Å². The summed E-state index contributed by atoms with van der Waals surface area (Å²) in [7, 11) is 0. The highest BCUT2D eigenvalue weighted by molar-refractivity contribution is 7.98. The molecular weight excluding hydrogens is 350 g/mol. The van der Waals surface area contributed by atoms with E-state index >= 15 is 0 Å². The quantitative estimate of drug-likeness (QED) is 0.629. The van der Waals surface area contributed by atoms with E-state index in [9.17, 15) is 4.79 Å². The maximum absolute atomic E-state index is 13.3. The molecule has 1 amide bonds. The second-order valence-corrected chi connectivity index (χ2v) is 7.73. The van der Waals surface area contributed by atoms with Gasteiger partial charge in [0.05, 0.1) is 12.2 Å². The highest BCUT2D eigenvalue weighted by atomic mass is 32.2. The second kappa shape index (κ2) is 7.06. The average Bonchev–Trinajstić information content (AvgIpc) is 3.41. The summed E-state index contributed by atoms with van der Waals surface area (Å²) in [5.74, 6) is 0.0625. The molecule has 4 rings (SSSR count). The van der Waals surface area contributed by atoms with Crippen LogP contribution in [0.2, 0.25) is 0 Å². The minimum absolute atomic E-state index is 0.0625. The lowest BCUT2D eigenvalue weighted by Gasteiger charge is -2.24. The third-order valence-electron chi connectivity index (χ3n) is 4.53. The topological polar surface area (TPSA) is 38.1 Å². The number of thioether (sulfide) groups is 1. The van der Waals surface area contributed by atoms with Gasteiger partial charge in [0.1, 0.15) is 5.69 Å². The zero-order valence-corrected chi connectivity index (χ0v) is 15.6. The van der Waals surface area contributed by atoms with Crippen LogP contribution in [0.3, 0.4) is 0 Å². The molecule has 2 aromatic heterocycles. The van der Waals surface area contributed by atoms with Crippen LogP contribution in [0.15, 0.2) is 59.2 Å². The van der Waals surface area contributed by atoms with Crippen LogP contribution in [0.4, 0.5) is 0 Å². The summed E-state index contributed by atoms with van der Waals surface area (Å²) < 4.78 is 1.97. The van der Waals surface area contributed by atoms with E-state index in [2.05, 4.69) is 22.5 Å². The van der Waals surface area contributed by atoms with E-state index in [0.29, 0.717) is 5.69 Å². The molecule has 1 aliphatic rings. The van der Waals surface area contributed by atoms with Gasteiger partial charge in [0, 0.05) is 17.1 Å². The fourth-order valence-corrected chi connectivity index (χ4v) is 4.81. The summed E-state index contributed by atoms with van der Waals surface area (Å²) in [4.78, 5) is 21.1. The van der Waals surface area contributed by atoms with Crippen molar-refractivity contribution in [2.75, 3.05) is 12.8 Å². The monoisotopic (exact) mass is 369 g/mol.